The highest BCUT2D eigenvalue weighted by Crippen LogP contribution is 2.44. The zero-order chi connectivity index (χ0) is 21.1. The van der Waals surface area contributed by atoms with Crippen molar-refractivity contribution in [1.29, 1.82) is 0 Å². The van der Waals surface area contributed by atoms with Crippen LogP contribution >= 0.6 is 12.4 Å². The van der Waals surface area contributed by atoms with Gasteiger partial charge in [-0.25, -0.2) is 9.86 Å². The second-order valence-corrected chi connectivity index (χ2v) is 7.77. The molecular formula is C23H28ClN3O4. The predicted molar refractivity (Wildman–Crippen MR) is 120 cm³/mol. The van der Waals surface area contributed by atoms with Crippen molar-refractivity contribution in [2.75, 3.05) is 33.9 Å². The third kappa shape index (κ3) is 4.39. The van der Waals surface area contributed by atoms with Crippen LogP contribution in [-0.2, 0) is 14.4 Å². The molecule has 8 heteroatoms. The van der Waals surface area contributed by atoms with Crippen LogP contribution in [0, 0.1) is 0 Å². The van der Waals surface area contributed by atoms with Gasteiger partial charge in [0.2, 0.25) is 0 Å². The van der Waals surface area contributed by atoms with Gasteiger partial charge in [-0.1, -0.05) is 48.5 Å². The van der Waals surface area contributed by atoms with Crippen molar-refractivity contribution in [2.24, 2.45) is 0 Å². The number of halogens is 1. The molecule has 1 aliphatic carbocycles. The summed E-state index contributed by atoms with van der Waals surface area (Å²) < 4.78 is 5.65. The first kappa shape index (κ1) is 23.1. The summed E-state index contributed by atoms with van der Waals surface area (Å²) in [5.74, 6) is -0.301. The molecule has 1 heterocycles. The lowest BCUT2D eigenvalue weighted by atomic mass is 9.87. The normalized spacial score (nSPS) is 16.5. The molecule has 0 saturated carbocycles. The van der Waals surface area contributed by atoms with E-state index < -0.39 is 11.6 Å². The summed E-state index contributed by atoms with van der Waals surface area (Å²) >= 11 is 0. The van der Waals surface area contributed by atoms with E-state index >= 15 is 0 Å². The van der Waals surface area contributed by atoms with Gasteiger partial charge in [-0.2, -0.15) is 0 Å². The molecule has 2 aliphatic rings. The summed E-state index contributed by atoms with van der Waals surface area (Å²) in [4.78, 5) is 30.7. The van der Waals surface area contributed by atoms with Crippen LogP contribution in [0.3, 0.4) is 0 Å². The standard InChI is InChI=1S/C23H27N3O4.ClH/c1-26(29-2)21(27)23(11-13-24-14-12-23)25-22(28)30-15-20-18-9-5-3-7-16(18)17-8-4-6-10-19(17)20;/h3-10,20,24H,11-15H2,1-2H3,(H,25,28);1H. The summed E-state index contributed by atoms with van der Waals surface area (Å²) in [6.07, 6.45) is 0.365. The molecule has 2 N–H and O–H groups in total. The van der Waals surface area contributed by atoms with Crippen molar-refractivity contribution < 1.29 is 19.2 Å². The lowest BCUT2D eigenvalue weighted by Crippen LogP contribution is -2.63. The van der Waals surface area contributed by atoms with Crippen LogP contribution in [0.4, 0.5) is 4.79 Å². The average Bonchev–Trinajstić information content (AvgIpc) is 3.11. The highest BCUT2D eigenvalue weighted by atomic mass is 35.5. The number of amides is 2. The minimum absolute atomic E-state index is 0. The maximum absolute atomic E-state index is 12.9. The molecule has 166 valence electrons. The van der Waals surface area contributed by atoms with Crippen LogP contribution in [-0.4, -0.2) is 56.5 Å². The van der Waals surface area contributed by atoms with E-state index in [9.17, 15) is 9.59 Å². The number of nitrogens with zero attached hydrogens (tertiary/aromatic N) is 1. The van der Waals surface area contributed by atoms with Crippen LogP contribution in [0.15, 0.2) is 48.5 Å². The zero-order valence-corrected chi connectivity index (χ0v) is 18.5. The van der Waals surface area contributed by atoms with Gasteiger partial charge in [0.1, 0.15) is 12.1 Å². The van der Waals surface area contributed by atoms with Gasteiger partial charge in [0.25, 0.3) is 5.91 Å². The van der Waals surface area contributed by atoms with E-state index in [1.165, 1.54) is 18.2 Å². The summed E-state index contributed by atoms with van der Waals surface area (Å²) in [6.45, 7) is 1.47. The minimum atomic E-state index is -1.03. The molecule has 0 aromatic heterocycles. The zero-order valence-electron chi connectivity index (χ0n) is 17.7. The Morgan fingerprint density at radius 3 is 2.16 bits per heavy atom. The van der Waals surface area contributed by atoms with Crippen LogP contribution in [0.25, 0.3) is 11.1 Å². The van der Waals surface area contributed by atoms with Crippen molar-refractivity contribution >= 4 is 24.4 Å². The number of hydroxylamine groups is 2. The number of likely N-dealkylation sites (N-methyl/N-ethyl adjacent to an activating group) is 1. The molecule has 0 radical (unpaired) electrons. The minimum Gasteiger partial charge on any atom is -0.449 e. The summed E-state index contributed by atoms with van der Waals surface area (Å²) in [5.41, 5.74) is 3.62. The maximum atomic E-state index is 12.9. The Morgan fingerprint density at radius 2 is 1.61 bits per heavy atom. The first-order chi connectivity index (χ1) is 14.6. The van der Waals surface area contributed by atoms with Crippen molar-refractivity contribution in [3.8, 4) is 11.1 Å². The van der Waals surface area contributed by atoms with Crippen molar-refractivity contribution in [3.63, 3.8) is 0 Å². The van der Waals surface area contributed by atoms with E-state index in [-0.39, 0.29) is 30.8 Å². The molecule has 1 aliphatic heterocycles. The van der Waals surface area contributed by atoms with Crippen molar-refractivity contribution in [3.05, 3.63) is 59.7 Å². The molecule has 0 spiro atoms. The molecule has 0 atom stereocenters. The fraction of sp³-hybridized carbons (Fsp3) is 0.391. The van der Waals surface area contributed by atoms with E-state index in [1.807, 2.05) is 24.3 Å². The van der Waals surface area contributed by atoms with Gasteiger partial charge in [0, 0.05) is 13.0 Å². The monoisotopic (exact) mass is 445 g/mol. The predicted octanol–water partition coefficient (Wildman–Crippen LogP) is 3.09. The lowest BCUT2D eigenvalue weighted by Gasteiger charge is -2.38. The van der Waals surface area contributed by atoms with Crippen molar-refractivity contribution in [1.82, 2.24) is 15.7 Å². The molecule has 31 heavy (non-hydrogen) atoms. The second kappa shape index (κ2) is 9.68. The lowest BCUT2D eigenvalue weighted by molar-refractivity contribution is -0.177. The van der Waals surface area contributed by atoms with Crippen LogP contribution < -0.4 is 10.6 Å². The molecule has 0 unspecified atom stereocenters. The number of fused-ring (bicyclic) bond motifs is 3. The second-order valence-electron chi connectivity index (χ2n) is 7.77. The maximum Gasteiger partial charge on any atom is 0.408 e. The topological polar surface area (TPSA) is 79.9 Å². The molecule has 2 aromatic rings. The third-order valence-corrected chi connectivity index (χ3v) is 6.11. The van der Waals surface area contributed by atoms with Gasteiger partial charge in [-0.3, -0.25) is 9.63 Å². The molecular weight excluding hydrogens is 418 g/mol. The highest BCUT2D eigenvalue weighted by Gasteiger charge is 2.43. The SMILES string of the molecule is CON(C)C(=O)C1(NC(=O)OCC2c3ccccc3-c3ccccc32)CCNCC1.Cl. The van der Waals surface area contributed by atoms with Crippen LogP contribution in [0.1, 0.15) is 29.9 Å². The Labute approximate surface area is 188 Å². The number of nitrogens with one attached hydrogen (secondary N) is 2. The number of benzene rings is 2. The number of hydrogen-bond donors (Lipinski definition) is 2. The highest BCUT2D eigenvalue weighted by molar-refractivity contribution is 5.89. The number of alkyl carbamates (subject to hydrolysis) is 1. The molecule has 1 fully saturated rings. The van der Waals surface area contributed by atoms with Crippen LogP contribution in [0.2, 0.25) is 0 Å². The van der Waals surface area contributed by atoms with Gasteiger partial charge in [0.05, 0.1) is 7.11 Å². The molecule has 0 bridgehead atoms. The number of carbonyl (C=O) groups excluding carboxylic acids is 2. The van der Waals surface area contributed by atoms with Gasteiger partial charge >= 0.3 is 6.09 Å². The van der Waals surface area contributed by atoms with Crippen LogP contribution in [0.5, 0.6) is 0 Å². The fourth-order valence-corrected chi connectivity index (χ4v) is 4.46. The van der Waals surface area contributed by atoms with E-state index in [0.717, 1.165) is 16.2 Å². The number of carbonyl (C=O) groups is 2. The number of piperidine rings is 1. The summed E-state index contributed by atoms with van der Waals surface area (Å²) in [5, 5.41) is 7.23. The Balaban J connectivity index is 0.00000272. The fourth-order valence-electron chi connectivity index (χ4n) is 4.46. The van der Waals surface area contributed by atoms with E-state index in [1.54, 1.807) is 7.05 Å². The van der Waals surface area contributed by atoms with Gasteiger partial charge < -0.3 is 15.4 Å². The number of rotatable bonds is 5. The van der Waals surface area contributed by atoms with Gasteiger partial charge in [-0.05, 0) is 48.2 Å². The Morgan fingerprint density at radius 1 is 1.06 bits per heavy atom. The van der Waals surface area contributed by atoms with E-state index in [2.05, 4.69) is 34.9 Å². The Bertz CT molecular complexity index is 900. The first-order valence-electron chi connectivity index (χ1n) is 10.2. The molecule has 4 rings (SSSR count). The average molecular weight is 446 g/mol. The molecule has 2 aromatic carbocycles. The molecule has 7 nitrogen and oxygen atoms in total. The van der Waals surface area contributed by atoms with Gasteiger partial charge in [-0.15, -0.1) is 12.4 Å². The Hall–Kier alpha value is -2.61. The first-order valence-corrected chi connectivity index (χ1v) is 10.2. The number of hydrogen-bond acceptors (Lipinski definition) is 5. The van der Waals surface area contributed by atoms with Crippen molar-refractivity contribution in [2.45, 2.75) is 24.3 Å². The van der Waals surface area contributed by atoms with Gasteiger partial charge in [0.15, 0.2) is 0 Å². The third-order valence-electron chi connectivity index (χ3n) is 6.11. The summed E-state index contributed by atoms with van der Waals surface area (Å²) in [7, 11) is 2.98. The smallest absolute Gasteiger partial charge is 0.408 e. The Kier molecular flexibility index (Phi) is 7.20. The molecule has 1 saturated heterocycles. The molecule has 2 amide bonds. The van der Waals surface area contributed by atoms with E-state index in [4.69, 9.17) is 9.57 Å². The van der Waals surface area contributed by atoms with E-state index in [0.29, 0.717) is 25.9 Å². The largest absolute Gasteiger partial charge is 0.449 e. The quantitative estimate of drug-likeness (QED) is 0.691. The summed E-state index contributed by atoms with van der Waals surface area (Å²) in [6, 6.07) is 16.4. The number of ether oxygens (including phenoxy) is 1.